The van der Waals surface area contributed by atoms with Gasteiger partial charge in [0, 0.05) is 12.0 Å². The van der Waals surface area contributed by atoms with Crippen molar-refractivity contribution in [3.05, 3.63) is 28.5 Å². The lowest BCUT2D eigenvalue weighted by molar-refractivity contribution is 0.0595. The van der Waals surface area contributed by atoms with Gasteiger partial charge in [0.2, 0.25) is 0 Å². The van der Waals surface area contributed by atoms with Gasteiger partial charge in [-0.25, -0.2) is 9.78 Å². The summed E-state index contributed by atoms with van der Waals surface area (Å²) >= 11 is 0. The van der Waals surface area contributed by atoms with E-state index in [4.69, 9.17) is 10.3 Å². The second kappa shape index (κ2) is 5.36. The van der Waals surface area contributed by atoms with E-state index in [9.17, 15) is 4.79 Å². The molecule has 0 aliphatic rings. The number of ether oxygens (including phenoxy) is 1. The van der Waals surface area contributed by atoms with Crippen LogP contribution < -0.4 is 5.73 Å². The molecular weight excluding hydrogens is 260 g/mol. The van der Waals surface area contributed by atoms with Crippen LogP contribution in [0.15, 0.2) is 4.52 Å². The van der Waals surface area contributed by atoms with Gasteiger partial charge in [0.1, 0.15) is 17.4 Å². The minimum absolute atomic E-state index is 0.149. The maximum atomic E-state index is 11.6. The fourth-order valence-electron chi connectivity index (χ4n) is 2.09. The van der Waals surface area contributed by atoms with Crippen LogP contribution in [0.4, 0.5) is 5.82 Å². The van der Waals surface area contributed by atoms with Crippen LogP contribution in [-0.2, 0) is 17.7 Å². The fourth-order valence-corrected chi connectivity index (χ4v) is 2.09. The van der Waals surface area contributed by atoms with E-state index in [1.54, 1.807) is 4.57 Å². The van der Waals surface area contributed by atoms with Gasteiger partial charge in [-0.05, 0) is 13.8 Å². The summed E-state index contributed by atoms with van der Waals surface area (Å²) in [7, 11) is 1.31. The van der Waals surface area contributed by atoms with Crippen LogP contribution >= 0.6 is 0 Å². The van der Waals surface area contributed by atoms with Crippen molar-refractivity contribution in [1.82, 2.24) is 14.7 Å². The summed E-state index contributed by atoms with van der Waals surface area (Å²) in [6, 6.07) is 0. The number of aryl methyl sites for hydroxylation is 3. The Labute approximate surface area is 116 Å². The molecule has 0 aliphatic carbocycles. The monoisotopic (exact) mass is 278 g/mol. The molecule has 2 rings (SSSR count). The number of carbonyl (C=O) groups is 1. The number of nitrogens with zero attached hydrogens (tertiary/aromatic N) is 3. The largest absolute Gasteiger partial charge is 0.464 e. The summed E-state index contributed by atoms with van der Waals surface area (Å²) in [5.41, 5.74) is 7.92. The van der Waals surface area contributed by atoms with Crippen molar-refractivity contribution in [2.45, 2.75) is 33.7 Å². The molecule has 0 aromatic carbocycles. The number of aromatic nitrogens is 3. The van der Waals surface area contributed by atoms with Crippen molar-refractivity contribution in [2.24, 2.45) is 0 Å². The average Bonchev–Trinajstić information content (AvgIpc) is 2.93. The number of imidazole rings is 1. The molecule has 0 spiro atoms. The molecule has 7 nitrogen and oxygen atoms in total. The zero-order valence-electron chi connectivity index (χ0n) is 12.1. The Bertz CT molecular complexity index is 623. The Balaban J connectivity index is 2.46. The number of carbonyl (C=O) groups excluding carboxylic acids is 1. The summed E-state index contributed by atoms with van der Waals surface area (Å²) in [6.07, 6.45) is 0.657. The van der Waals surface area contributed by atoms with Crippen LogP contribution in [0.5, 0.6) is 0 Å². The minimum atomic E-state index is -0.533. The van der Waals surface area contributed by atoms with Gasteiger partial charge in [-0.2, -0.15) is 0 Å². The van der Waals surface area contributed by atoms with Crippen molar-refractivity contribution < 1.29 is 14.1 Å². The number of esters is 1. The van der Waals surface area contributed by atoms with Crippen molar-refractivity contribution in [1.29, 1.82) is 0 Å². The summed E-state index contributed by atoms with van der Waals surface area (Å²) in [5.74, 6) is 1.23. The number of anilines is 1. The van der Waals surface area contributed by atoms with E-state index in [2.05, 4.69) is 14.9 Å². The van der Waals surface area contributed by atoms with Gasteiger partial charge in [-0.3, -0.25) is 0 Å². The number of methoxy groups -OCH3 is 1. The summed E-state index contributed by atoms with van der Waals surface area (Å²) in [5, 5.41) is 3.91. The molecule has 20 heavy (non-hydrogen) atoms. The lowest BCUT2D eigenvalue weighted by atomic mass is 10.2. The molecule has 0 saturated heterocycles. The molecule has 0 radical (unpaired) electrons. The van der Waals surface area contributed by atoms with Crippen molar-refractivity contribution in [2.75, 3.05) is 12.8 Å². The van der Waals surface area contributed by atoms with E-state index in [0.29, 0.717) is 18.8 Å². The third-order valence-corrected chi connectivity index (χ3v) is 3.28. The summed E-state index contributed by atoms with van der Waals surface area (Å²) in [6.45, 7) is 6.13. The maximum absolute atomic E-state index is 11.6. The molecule has 2 aromatic rings. The van der Waals surface area contributed by atoms with Gasteiger partial charge >= 0.3 is 5.97 Å². The molecule has 0 saturated carbocycles. The first-order chi connectivity index (χ1) is 9.49. The Morgan fingerprint density at radius 1 is 1.45 bits per heavy atom. The number of nitrogens with two attached hydrogens (primary N) is 1. The molecule has 2 N–H and O–H groups in total. The quantitative estimate of drug-likeness (QED) is 0.851. The topological polar surface area (TPSA) is 96.2 Å². The highest BCUT2D eigenvalue weighted by molar-refractivity contribution is 5.92. The molecular formula is C13H18N4O3. The molecule has 0 amide bonds. The lowest BCUT2D eigenvalue weighted by Crippen LogP contribution is -2.11. The Morgan fingerprint density at radius 2 is 2.15 bits per heavy atom. The van der Waals surface area contributed by atoms with Crippen LogP contribution in [0.25, 0.3) is 0 Å². The summed E-state index contributed by atoms with van der Waals surface area (Å²) < 4.78 is 11.6. The maximum Gasteiger partial charge on any atom is 0.360 e. The van der Waals surface area contributed by atoms with Crippen molar-refractivity contribution in [3.8, 4) is 0 Å². The minimum Gasteiger partial charge on any atom is -0.464 e. The molecule has 0 aliphatic heterocycles. The third-order valence-electron chi connectivity index (χ3n) is 3.28. The molecule has 0 fully saturated rings. The first-order valence-electron chi connectivity index (χ1n) is 6.34. The lowest BCUT2D eigenvalue weighted by Gasteiger charge is -2.08. The molecule has 0 bridgehead atoms. The van der Waals surface area contributed by atoms with Crippen LogP contribution in [0.2, 0.25) is 0 Å². The first kappa shape index (κ1) is 14.1. The summed E-state index contributed by atoms with van der Waals surface area (Å²) in [4.78, 5) is 15.9. The number of rotatable bonds is 4. The number of hydrogen-bond acceptors (Lipinski definition) is 6. The molecule has 108 valence electrons. The van der Waals surface area contributed by atoms with Crippen LogP contribution in [0.1, 0.15) is 40.3 Å². The zero-order valence-corrected chi connectivity index (χ0v) is 12.1. The normalized spacial score (nSPS) is 10.8. The van der Waals surface area contributed by atoms with Crippen molar-refractivity contribution in [3.63, 3.8) is 0 Å². The standard InChI is InChI=1S/C13H18N4O3/c1-5-10-15-11(13(18)19-4)12(14)17(10)6-9-7(2)16-20-8(9)3/h5-6,14H2,1-4H3. The van der Waals surface area contributed by atoms with Gasteiger partial charge in [0.25, 0.3) is 0 Å². The average molecular weight is 278 g/mol. The van der Waals surface area contributed by atoms with E-state index in [0.717, 1.165) is 22.8 Å². The van der Waals surface area contributed by atoms with Gasteiger partial charge in [0.05, 0.1) is 19.3 Å². The third kappa shape index (κ3) is 2.26. The Hall–Kier alpha value is -2.31. The molecule has 2 heterocycles. The van der Waals surface area contributed by atoms with Crippen LogP contribution in [0, 0.1) is 13.8 Å². The second-order valence-corrected chi connectivity index (χ2v) is 4.50. The predicted octanol–water partition coefficient (Wildman–Crippen LogP) is 1.47. The van der Waals surface area contributed by atoms with Gasteiger partial charge in [-0.15, -0.1) is 0 Å². The van der Waals surface area contributed by atoms with E-state index in [1.165, 1.54) is 7.11 Å². The first-order valence-corrected chi connectivity index (χ1v) is 6.34. The highest BCUT2D eigenvalue weighted by Gasteiger charge is 2.22. The van der Waals surface area contributed by atoms with Gasteiger partial charge < -0.3 is 19.6 Å². The molecule has 7 heteroatoms. The Kier molecular flexibility index (Phi) is 3.78. The van der Waals surface area contributed by atoms with Gasteiger partial charge in [-0.1, -0.05) is 12.1 Å². The number of hydrogen-bond donors (Lipinski definition) is 1. The van der Waals surface area contributed by atoms with E-state index in [-0.39, 0.29) is 5.69 Å². The molecule has 0 atom stereocenters. The molecule has 2 aromatic heterocycles. The zero-order chi connectivity index (χ0) is 14.9. The highest BCUT2D eigenvalue weighted by atomic mass is 16.5. The van der Waals surface area contributed by atoms with E-state index < -0.39 is 5.97 Å². The van der Waals surface area contributed by atoms with Crippen LogP contribution in [-0.4, -0.2) is 27.8 Å². The fraction of sp³-hybridized carbons (Fsp3) is 0.462. The highest BCUT2D eigenvalue weighted by Crippen LogP contribution is 2.21. The molecule has 0 unspecified atom stereocenters. The van der Waals surface area contributed by atoms with Gasteiger partial charge in [0.15, 0.2) is 5.69 Å². The Morgan fingerprint density at radius 3 is 2.65 bits per heavy atom. The number of nitrogen functional groups attached to an aromatic ring is 1. The SMILES string of the molecule is CCc1nc(C(=O)OC)c(N)n1Cc1c(C)noc1C. The predicted molar refractivity (Wildman–Crippen MR) is 72.4 cm³/mol. The smallest absolute Gasteiger partial charge is 0.360 e. The second-order valence-electron chi connectivity index (χ2n) is 4.50. The van der Waals surface area contributed by atoms with E-state index in [1.807, 2.05) is 20.8 Å². The van der Waals surface area contributed by atoms with Crippen LogP contribution in [0.3, 0.4) is 0 Å². The van der Waals surface area contributed by atoms with Crippen molar-refractivity contribution >= 4 is 11.8 Å². The van der Waals surface area contributed by atoms with E-state index >= 15 is 0 Å².